The van der Waals surface area contributed by atoms with E-state index in [0.717, 1.165) is 10.6 Å². The maximum atomic E-state index is 3.60. The van der Waals surface area contributed by atoms with Gasteiger partial charge >= 0.3 is 0 Å². The topological polar surface area (TPSA) is 3.24 Å². The molecule has 0 aliphatic carbocycles. The lowest BCUT2D eigenvalue weighted by Gasteiger charge is -2.36. The smallest absolute Gasteiger partial charge is 0.0172 e. The van der Waals surface area contributed by atoms with Crippen LogP contribution in [0.3, 0.4) is 0 Å². The molecule has 14 heavy (non-hydrogen) atoms. The molecule has 0 spiro atoms. The molecule has 0 aromatic heterocycles. The summed E-state index contributed by atoms with van der Waals surface area (Å²) in [5.41, 5.74) is 0.417. The van der Waals surface area contributed by atoms with Crippen molar-refractivity contribution in [1.29, 1.82) is 0 Å². The van der Waals surface area contributed by atoms with Crippen LogP contribution in [0.15, 0.2) is 0 Å². The van der Waals surface area contributed by atoms with E-state index in [-0.39, 0.29) is 0 Å². The predicted octanol–water partition coefficient (Wildman–Crippen LogP) is 3.23. The number of rotatable bonds is 4. The fraction of sp³-hybridized carbons (Fsp3) is 1.00. The fourth-order valence-corrected chi connectivity index (χ4v) is 3.24. The van der Waals surface area contributed by atoms with Crippen molar-refractivity contribution in [2.45, 2.75) is 32.4 Å². The zero-order valence-corrected chi connectivity index (χ0v) is 12.0. The van der Waals surface area contributed by atoms with Crippen molar-refractivity contribution in [1.82, 2.24) is 4.90 Å². The summed E-state index contributed by atoms with van der Waals surface area (Å²) < 4.78 is 0. The molecule has 1 nitrogen and oxygen atoms in total. The zero-order chi connectivity index (χ0) is 10.6. The number of alkyl halides is 1. The Morgan fingerprint density at radius 2 is 2.21 bits per heavy atom. The molecule has 0 aromatic carbocycles. The first-order chi connectivity index (χ1) is 6.57. The van der Waals surface area contributed by atoms with E-state index in [4.69, 9.17) is 0 Å². The second-order valence-corrected chi connectivity index (χ2v) is 6.90. The van der Waals surface area contributed by atoms with Gasteiger partial charge in [0.05, 0.1) is 0 Å². The van der Waals surface area contributed by atoms with Crippen LogP contribution in [-0.4, -0.2) is 40.9 Å². The van der Waals surface area contributed by atoms with Crippen molar-refractivity contribution in [2.75, 3.05) is 30.7 Å². The second kappa shape index (κ2) is 5.76. The summed E-state index contributed by atoms with van der Waals surface area (Å²) >= 11 is 5.75. The van der Waals surface area contributed by atoms with Gasteiger partial charge in [-0.05, 0) is 11.8 Å². The Labute approximate surface area is 101 Å². The summed E-state index contributed by atoms with van der Waals surface area (Å²) in [5, 5.41) is 1.97. The Balaban J connectivity index is 2.37. The highest BCUT2D eigenvalue weighted by atomic mass is 79.9. The molecule has 0 N–H and O–H groups in total. The zero-order valence-electron chi connectivity index (χ0n) is 9.55. The van der Waals surface area contributed by atoms with E-state index < -0.39 is 0 Å². The summed E-state index contributed by atoms with van der Waals surface area (Å²) in [5.74, 6) is 1.32. The average molecular weight is 280 g/mol. The molecule has 0 amide bonds. The van der Waals surface area contributed by atoms with Gasteiger partial charge in [-0.2, -0.15) is 11.8 Å². The second-order valence-electron chi connectivity index (χ2n) is 4.93. The van der Waals surface area contributed by atoms with Gasteiger partial charge in [-0.25, -0.2) is 0 Å². The van der Waals surface area contributed by atoms with Gasteiger partial charge < -0.3 is 4.90 Å². The van der Waals surface area contributed by atoms with E-state index in [9.17, 15) is 0 Å². The van der Waals surface area contributed by atoms with Gasteiger partial charge in [-0.3, -0.25) is 0 Å². The first-order valence-electron chi connectivity index (χ1n) is 5.47. The van der Waals surface area contributed by atoms with Crippen LogP contribution in [0.2, 0.25) is 0 Å². The first-order valence-corrected chi connectivity index (χ1v) is 7.64. The SMILES string of the molecule is CCC1CN(CC(C)(C)CBr)CCS1. The minimum absolute atomic E-state index is 0.417. The van der Waals surface area contributed by atoms with Crippen molar-refractivity contribution in [3.05, 3.63) is 0 Å². The molecule has 0 radical (unpaired) electrons. The Hall–Kier alpha value is 0.790. The molecule has 0 bridgehead atoms. The molecule has 0 aromatic rings. The van der Waals surface area contributed by atoms with Crippen molar-refractivity contribution >= 4 is 27.7 Å². The largest absolute Gasteiger partial charge is 0.301 e. The van der Waals surface area contributed by atoms with Gasteiger partial charge in [0.25, 0.3) is 0 Å². The number of thioether (sulfide) groups is 1. The standard InChI is InChI=1S/C11H22BrNS/c1-4-10-7-13(5-6-14-10)9-11(2,3)8-12/h10H,4-9H2,1-3H3. The quantitative estimate of drug-likeness (QED) is 0.727. The Morgan fingerprint density at radius 3 is 2.79 bits per heavy atom. The summed E-state index contributed by atoms with van der Waals surface area (Å²) in [7, 11) is 0. The highest BCUT2D eigenvalue weighted by Crippen LogP contribution is 2.25. The molecule has 1 fully saturated rings. The molecule has 84 valence electrons. The van der Waals surface area contributed by atoms with Crippen LogP contribution >= 0.6 is 27.7 Å². The van der Waals surface area contributed by atoms with Crippen LogP contribution in [0.4, 0.5) is 0 Å². The van der Waals surface area contributed by atoms with Gasteiger partial charge in [-0.15, -0.1) is 0 Å². The number of halogens is 1. The molecular formula is C11H22BrNS. The fourth-order valence-electron chi connectivity index (χ4n) is 1.82. The van der Waals surface area contributed by atoms with E-state index in [1.807, 2.05) is 0 Å². The Kier molecular flexibility index (Phi) is 5.29. The Morgan fingerprint density at radius 1 is 1.50 bits per heavy atom. The lowest BCUT2D eigenvalue weighted by Crippen LogP contribution is -2.43. The van der Waals surface area contributed by atoms with E-state index in [2.05, 4.69) is 53.4 Å². The van der Waals surface area contributed by atoms with E-state index in [1.165, 1.54) is 31.8 Å². The van der Waals surface area contributed by atoms with Crippen molar-refractivity contribution < 1.29 is 0 Å². The minimum atomic E-state index is 0.417. The molecule has 1 aliphatic rings. The van der Waals surface area contributed by atoms with Gasteiger partial charge in [0.1, 0.15) is 0 Å². The molecule has 1 aliphatic heterocycles. The van der Waals surface area contributed by atoms with Crippen molar-refractivity contribution in [3.8, 4) is 0 Å². The maximum absolute atomic E-state index is 3.60. The normalized spacial score (nSPS) is 25.3. The molecule has 1 rings (SSSR count). The Bertz CT molecular complexity index is 173. The summed E-state index contributed by atoms with van der Waals surface area (Å²) in [4.78, 5) is 2.63. The van der Waals surface area contributed by atoms with Crippen LogP contribution in [0, 0.1) is 5.41 Å². The van der Waals surface area contributed by atoms with Crippen LogP contribution in [0.5, 0.6) is 0 Å². The van der Waals surface area contributed by atoms with Crippen LogP contribution in [0.1, 0.15) is 27.2 Å². The minimum Gasteiger partial charge on any atom is -0.301 e. The van der Waals surface area contributed by atoms with Gasteiger partial charge in [0.15, 0.2) is 0 Å². The monoisotopic (exact) mass is 279 g/mol. The van der Waals surface area contributed by atoms with E-state index >= 15 is 0 Å². The third-order valence-corrected chi connectivity index (χ3v) is 5.58. The van der Waals surface area contributed by atoms with E-state index in [1.54, 1.807) is 0 Å². The first kappa shape index (κ1) is 12.9. The highest BCUT2D eigenvalue weighted by Gasteiger charge is 2.25. The molecule has 3 heteroatoms. The molecular weight excluding hydrogens is 258 g/mol. The van der Waals surface area contributed by atoms with Crippen molar-refractivity contribution in [3.63, 3.8) is 0 Å². The molecule has 1 atom stereocenters. The van der Waals surface area contributed by atoms with E-state index in [0.29, 0.717) is 5.41 Å². The van der Waals surface area contributed by atoms with Gasteiger partial charge in [0, 0.05) is 36.0 Å². The average Bonchev–Trinajstić information content (AvgIpc) is 2.17. The molecule has 1 heterocycles. The summed E-state index contributed by atoms with van der Waals surface area (Å²) in [6, 6.07) is 0. The predicted molar refractivity (Wildman–Crippen MR) is 70.6 cm³/mol. The van der Waals surface area contributed by atoms with Gasteiger partial charge in [0.2, 0.25) is 0 Å². The molecule has 1 saturated heterocycles. The number of nitrogens with zero attached hydrogens (tertiary/aromatic N) is 1. The third kappa shape index (κ3) is 4.11. The van der Waals surface area contributed by atoms with Crippen LogP contribution in [0.25, 0.3) is 0 Å². The molecule has 0 saturated carbocycles. The summed E-state index contributed by atoms with van der Waals surface area (Å²) in [6.45, 7) is 10.8. The van der Waals surface area contributed by atoms with Crippen LogP contribution in [-0.2, 0) is 0 Å². The van der Waals surface area contributed by atoms with Crippen LogP contribution < -0.4 is 0 Å². The maximum Gasteiger partial charge on any atom is 0.0172 e. The van der Waals surface area contributed by atoms with Crippen molar-refractivity contribution in [2.24, 2.45) is 5.41 Å². The summed E-state index contributed by atoms with van der Waals surface area (Å²) in [6.07, 6.45) is 1.32. The number of hydrogen-bond acceptors (Lipinski definition) is 2. The lowest BCUT2D eigenvalue weighted by molar-refractivity contribution is 0.200. The third-order valence-electron chi connectivity index (χ3n) is 2.69. The molecule has 1 unspecified atom stereocenters. The lowest BCUT2D eigenvalue weighted by atomic mass is 9.96. The number of hydrogen-bond donors (Lipinski definition) is 0. The highest BCUT2D eigenvalue weighted by molar-refractivity contribution is 9.09. The van der Waals surface area contributed by atoms with Gasteiger partial charge in [-0.1, -0.05) is 36.7 Å².